The molecule has 1 fully saturated rings. The summed E-state index contributed by atoms with van der Waals surface area (Å²) in [6.07, 6.45) is 9.25. The minimum atomic E-state index is 0.568. The summed E-state index contributed by atoms with van der Waals surface area (Å²) in [5.74, 6) is 0. The van der Waals surface area contributed by atoms with Crippen LogP contribution in [0.4, 0.5) is 5.69 Å². The molecule has 0 spiro atoms. The van der Waals surface area contributed by atoms with Crippen molar-refractivity contribution >= 4 is 28.4 Å². The number of rotatable bonds is 3. The predicted octanol–water partition coefficient (Wildman–Crippen LogP) is 3.72. The average Bonchev–Trinajstić information content (AvgIpc) is 2.48. The summed E-state index contributed by atoms with van der Waals surface area (Å²) < 4.78 is 0. The molecule has 1 aliphatic rings. The van der Waals surface area contributed by atoms with E-state index >= 15 is 0 Å². The smallest absolute Gasteiger partial charge is 0.0950 e. The number of aromatic nitrogens is 2. The van der Waals surface area contributed by atoms with Gasteiger partial charge >= 0.3 is 0 Å². The zero-order valence-electron chi connectivity index (χ0n) is 11.2. The predicted molar refractivity (Wildman–Crippen MR) is 82.7 cm³/mol. The van der Waals surface area contributed by atoms with Crippen molar-refractivity contribution in [1.82, 2.24) is 10.2 Å². The van der Waals surface area contributed by atoms with Gasteiger partial charge in [0.2, 0.25) is 0 Å². The summed E-state index contributed by atoms with van der Waals surface area (Å²) in [6, 6.07) is 8.76. The van der Waals surface area contributed by atoms with Crippen molar-refractivity contribution in [3.63, 3.8) is 0 Å². The van der Waals surface area contributed by atoms with Crippen molar-refractivity contribution < 1.29 is 0 Å². The van der Waals surface area contributed by atoms with E-state index < -0.39 is 0 Å². The molecular formula is C15H19N3S. The molecule has 1 aromatic heterocycles. The van der Waals surface area contributed by atoms with Crippen LogP contribution in [0, 0.1) is 0 Å². The minimum Gasteiger partial charge on any atom is -0.380 e. The quantitative estimate of drug-likeness (QED) is 0.925. The maximum absolute atomic E-state index is 4.17. The molecule has 3 rings (SSSR count). The minimum absolute atomic E-state index is 0.568. The maximum atomic E-state index is 4.17. The highest BCUT2D eigenvalue weighted by atomic mass is 32.2. The van der Waals surface area contributed by atoms with E-state index in [1.165, 1.54) is 31.1 Å². The Morgan fingerprint density at radius 1 is 1.26 bits per heavy atom. The number of nitrogens with zero attached hydrogens (tertiary/aromatic N) is 2. The standard InChI is InChI=1S/C15H19N3S/c1-19-12-6-4-5-11(9-12)17-15-10-16-18-14-8-3-2-7-13(14)15/h2-3,7-8,10-12H,4-6,9H2,1H3,(H,17,18). The molecule has 3 nitrogen and oxygen atoms in total. The molecule has 0 radical (unpaired) electrons. The molecule has 4 heteroatoms. The normalized spacial score (nSPS) is 23.4. The molecule has 19 heavy (non-hydrogen) atoms. The Bertz CT molecular complexity index is 553. The van der Waals surface area contributed by atoms with Crippen LogP contribution in [0.2, 0.25) is 0 Å². The van der Waals surface area contributed by atoms with Gasteiger partial charge in [0.1, 0.15) is 0 Å². The lowest BCUT2D eigenvalue weighted by Crippen LogP contribution is -2.28. The average molecular weight is 273 g/mol. The van der Waals surface area contributed by atoms with Crippen LogP contribution in [0.25, 0.3) is 10.9 Å². The van der Waals surface area contributed by atoms with Gasteiger partial charge in [0.05, 0.1) is 17.4 Å². The number of hydrogen-bond acceptors (Lipinski definition) is 4. The van der Waals surface area contributed by atoms with Gasteiger partial charge in [0.15, 0.2) is 0 Å². The van der Waals surface area contributed by atoms with Crippen molar-refractivity contribution in [2.75, 3.05) is 11.6 Å². The summed E-state index contributed by atoms with van der Waals surface area (Å²) >= 11 is 2.00. The van der Waals surface area contributed by atoms with Crippen molar-refractivity contribution in [1.29, 1.82) is 0 Å². The molecule has 1 N–H and O–H groups in total. The molecule has 1 aliphatic carbocycles. The molecule has 2 unspecified atom stereocenters. The molecule has 0 aliphatic heterocycles. The number of nitrogens with one attached hydrogen (secondary N) is 1. The van der Waals surface area contributed by atoms with Crippen LogP contribution >= 0.6 is 11.8 Å². The Balaban J connectivity index is 1.81. The van der Waals surface area contributed by atoms with Crippen LogP contribution in [0.15, 0.2) is 30.5 Å². The van der Waals surface area contributed by atoms with Gasteiger partial charge in [-0.2, -0.15) is 22.0 Å². The highest BCUT2D eigenvalue weighted by molar-refractivity contribution is 7.99. The lowest BCUT2D eigenvalue weighted by Gasteiger charge is -2.29. The molecule has 100 valence electrons. The Morgan fingerprint density at radius 3 is 3.05 bits per heavy atom. The van der Waals surface area contributed by atoms with E-state index in [-0.39, 0.29) is 0 Å². The third kappa shape index (κ3) is 2.84. The molecule has 0 saturated heterocycles. The summed E-state index contributed by atoms with van der Waals surface area (Å²) in [4.78, 5) is 0. The summed E-state index contributed by atoms with van der Waals surface area (Å²) in [5, 5.41) is 13.9. The van der Waals surface area contributed by atoms with E-state index in [0.717, 1.165) is 16.5 Å². The zero-order chi connectivity index (χ0) is 13.1. The van der Waals surface area contributed by atoms with Gasteiger partial charge in [-0.15, -0.1) is 0 Å². The van der Waals surface area contributed by atoms with E-state index in [2.05, 4.69) is 33.9 Å². The number of benzene rings is 1. The molecule has 1 heterocycles. The largest absolute Gasteiger partial charge is 0.380 e. The number of hydrogen-bond donors (Lipinski definition) is 1. The van der Waals surface area contributed by atoms with Crippen molar-refractivity contribution in [2.24, 2.45) is 0 Å². The fourth-order valence-electron chi connectivity index (χ4n) is 2.83. The molecule has 2 atom stereocenters. The third-order valence-electron chi connectivity index (χ3n) is 3.87. The summed E-state index contributed by atoms with van der Waals surface area (Å²) in [7, 11) is 0. The van der Waals surface area contributed by atoms with E-state index in [9.17, 15) is 0 Å². The van der Waals surface area contributed by atoms with Crippen molar-refractivity contribution in [3.05, 3.63) is 30.5 Å². The topological polar surface area (TPSA) is 37.8 Å². The Hall–Kier alpha value is -1.29. The lowest BCUT2D eigenvalue weighted by atomic mass is 9.94. The molecule has 2 aromatic rings. The van der Waals surface area contributed by atoms with E-state index in [1.54, 1.807) is 0 Å². The van der Waals surface area contributed by atoms with Gasteiger partial charge in [-0.25, -0.2) is 0 Å². The van der Waals surface area contributed by atoms with Crippen LogP contribution in [0.3, 0.4) is 0 Å². The Labute approximate surface area is 118 Å². The van der Waals surface area contributed by atoms with Crippen LogP contribution in [0.1, 0.15) is 25.7 Å². The molecule has 1 saturated carbocycles. The van der Waals surface area contributed by atoms with Crippen LogP contribution in [0.5, 0.6) is 0 Å². The molecule has 1 aromatic carbocycles. The van der Waals surface area contributed by atoms with Crippen LogP contribution in [-0.2, 0) is 0 Å². The molecule has 0 bridgehead atoms. The first-order chi connectivity index (χ1) is 9.36. The van der Waals surface area contributed by atoms with Crippen LogP contribution in [-0.4, -0.2) is 27.7 Å². The van der Waals surface area contributed by atoms with Gasteiger partial charge in [-0.05, 0) is 31.6 Å². The first-order valence-electron chi connectivity index (χ1n) is 6.86. The Kier molecular flexibility index (Phi) is 3.87. The molecular weight excluding hydrogens is 254 g/mol. The Morgan fingerprint density at radius 2 is 2.16 bits per heavy atom. The molecule has 0 amide bonds. The van der Waals surface area contributed by atoms with E-state index in [4.69, 9.17) is 0 Å². The van der Waals surface area contributed by atoms with Crippen molar-refractivity contribution in [3.8, 4) is 0 Å². The van der Waals surface area contributed by atoms with Gasteiger partial charge in [-0.3, -0.25) is 0 Å². The fraction of sp³-hybridized carbons (Fsp3) is 0.467. The number of fused-ring (bicyclic) bond motifs is 1. The zero-order valence-corrected chi connectivity index (χ0v) is 12.0. The van der Waals surface area contributed by atoms with E-state index in [0.29, 0.717) is 6.04 Å². The fourth-order valence-corrected chi connectivity index (χ4v) is 3.66. The number of anilines is 1. The highest BCUT2D eigenvalue weighted by Gasteiger charge is 2.21. The lowest BCUT2D eigenvalue weighted by molar-refractivity contribution is 0.474. The highest BCUT2D eigenvalue weighted by Crippen LogP contribution is 2.30. The number of thioether (sulfide) groups is 1. The van der Waals surface area contributed by atoms with Gasteiger partial charge in [-0.1, -0.05) is 24.6 Å². The van der Waals surface area contributed by atoms with Crippen molar-refractivity contribution in [2.45, 2.75) is 37.0 Å². The maximum Gasteiger partial charge on any atom is 0.0950 e. The second-order valence-corrected chi connectivity index (χ2v) is 6.28. The second kappa shape index (κ2) is 5.78. The second-order valence-electron chi connectivity index (χ2n) is 5.14. The van der Waals surface area contributed by atoms with Gasteiger partial charge in [0, 0.05) is 16.7 Å². The SMILES string of the molecule is CSC1CCCC(Nc2cnnc3ccccc23)C1. The first kappa shape index (κ1) is 12.7. The first-order valence-corrected chi connectivity index (χ1v) is 8.15. The van der Waals surface area contributed by atoms with Gasteiger partial charge < -0.3 is 5.32 Å². The summed E-state index contributed by atoms with van der Waals surface area (Å²) in [5.41, 5.74) is 2.09. The summed E-state index contributed by atoms with van der Waals surface area (Å²) in [6.45, 7) is 0. The monoisotopic (exact) mass is 273 g/mol. The third-order valence-corrected chi connectivity index (χ3v) is 4.96. The van der Waals surface area contributed by atoms with E-state index in [1.807, 2.05) is 30.1 Å². The van der Waals surface area contributed by atoms with Gasteiger partial charge in [0.25, 0.3) is 0 Å². The van der Waals surface area contributed by atoms with Crippen LogP contribution < -0.4 is 5.32 Å².